The first-order valence-corrected chi connectivity index (χ1v) is 7.15. The summed E-state index contributed by atoms with van der Waals surface area (Å²) in [5.74, 6) is 0.785. The first kappa shape index (κ1) is 13.6. The van der Waals surface area contributed by atoms with Gasteiger partial charge in [-0.3, -0.25) is 4.98 Å². The van der Waals surface area contributed by atoms with Gasteiger partial charge in [0.25, 0.3) is 0 Å². The fraction of sp³-hybridized carbons (Fsp3) is 0.235. The van der Waals surface area contributed by atoms with Crippen molar-refractivity contribution in [1.29, 1.82) is 0 Å². The maximum Gasteiger partial charge on any atom is 0.138 e. The zero-order valence-corrected chi connectivity index (χ0v) is 12.1. The maximum absolute atomic E-state index is 5.81. The van der Waals surface area contributed by atoms with Gasteiger partial charge in [-0.05, 0) is 42.8 Å². The van der Waals surface area contributed by atoms with Gasteiger partial charge in [0.05, 0.1) is 11.9 Å². The molecule has 21 heavy (non-hydrogen) atoms. The van der Waals surface area contributed by atoms with Gasteiger partial charge in [0, 0.05) is 30.2 Å². The molecule has 4 heteroatoms. The lowest BCUT2D eigenvalue weighted by atomic mass is 10.1. The molecular formula is C17H19N3O. The van der Waals surface area contributed by atoms with E-state index in [0.29, 0.717) is 13.2 Å². The van der Waals surface area contributed by atoms with E-state index in [-0.39, 0.29) is 0 Å². The average Bonchev–Trinajstić information content (AvgIpc) is 2.90. The van der Waals surface area contributed by atoms with E-state index >= 15 is 0 Å². The number of nitrogens with two attached hydrogens (primary N) is 1. The van der Waals surface area contributed by atoms with Crippen LogP contribution in [0, 0.1) is 0 Å². The minimum Gasteiger partial charge on any atom is -0.486 e. The second-order valence-electron chi connectivity index (χ2n) is 4.95. The second-order valence-corrected chi connectivity index (χ2v) is 4.95. The Kier molecular flexibility index (Phi) is 3.88. The van der Waals surface area contributed by atoms with Crippen LogP contribution in [0.25, 0.3) is 10.9 Å². The van der Waals surface area contributed by atoms with Gasteiger partial charge in [-0.25, -0.2) is 0 Å². The highest BCUT2D eigenvalue weighted by atomic mass is 16.5. The molecule has 0 radical (unpaired) electrons. The van der Waals surface area contributed by atoms with Crippen molar-refractivity contribution < 1.29 is 4.74 Å². The molecule has 0 aliphatic rings. The number of nitrogens with zero attached hydrogens (tertiary/aromatic N) is 2. The zero-order valence-electron chi connectivity index (χ0n) is 12.1. The van der Waals surface area contributed by atoms with Crippen molar-refractivity contribution >= 4 is 10.9 Å². The number of ether oxygens (including phenoxy) is 1. The van der Waals surface area contributed by atoms with Crippen molar-refractivity contribution in [2.24, 2.45) is 5.73 Å². The molecule has 0 aliphatic carbocycles. The summed E-state index contributed by atoms with van der Waals surface area (Å²) in [6, 6.07) is 12.3. The Morgan fingerprint density at radius 2 is 2.14 bits per heavy atom. The summed E-state index contributed by atoms with van der Waals surface area (Å²) in [6.45, 7) is 4.15. The van der Waals surface area contributed by atoms with Gasteiger partial charge in [-0.2, -0.15) is 0 Å². The normalized spacial score (nSPS) is 11.0. The van der Waals surface area contributed by atoms with Crippen molar-refractivity contribution in [3.8, 4) is 5.75 Å². The largest absolute Gasteiger partial charge is 0.486 e. The quantitative estimate of drug-likeness (QED) is 0.782. The van der Waals surface area contributed by atoms with E-state index in [1.807, 2.05) is 12.1 Å². The molecular weight excluding hydrogens is 262 g/mol. The first-order chi connectivity index (χ1) is 10.3. The molecule has 0 unspecified atom stereocenters. The van der Waals surface area contributed by atoms with Crippen LogP contribution in [0.4, 0.5) is 0 Å². The van der Waals surface area contributed by atoms with E-state index in [2.05, 4.69) is 40.7 Å². The van der Waals surface area contributed by atoms with Crippen LogP contribution in [0.15, 0.2) is 48.8 Å². The molecule has 2 N–H and O–H groups in total. The molecule has 2 aromatic heterocycles. The average molecular weight is 281 g/mol. The predicted octanol–water partition coefficient (Wildman–Crippen LogP) is 3.09. The number of hydrogen-bond acceptors (Lipinski definition) is 3. The van der Waals surface area contributed by atoms with Gasteiger partial charge < -0.3 is 15.0 Å². The summed E-state index contributed by atoms with van der Waals surface area (Å²) < 4.78 is 8.08. The van der Waals surface area contributed by atoms with Gasteiger partial charge in [-0.1, -0.05) is 6.07 Å². The highest BCUT2D eigenvalue weighted by Gasteiger charge is 2.08. The van der Waals surface area contributed by atoms with Crippen LogP contribution in [0.2, 0.25) is 0 Å². The molecule has 0 spiro atoms. The summed E-state index contributed by atoms with van der Waals surface area (Å²) in [6.07, 6.45) is 3.47. The summed E-state index contributed by atoms with van der Waals surface area (Å²) >= 11 is 0. The number of pyridine rings is 1. The lowest BCUT2D eigenvalue weighted by Crippen LogP contribution is -2.04. The van der Waals surface area contributed by atoms with Crippen LogP contribution in [0.1, 0.15) is 18.2 Å². The van der Waals surface area contributed by atoms with Crippen LogP contribution in [-0.4, -0.2) is 9.55 Å². The Balaban J connectivity index is 1.90. The molecule has 1 aromatic carbocycles. The smallest absolute Gasteiger partial charge is 0.138 e. The topological polar surface area (TPSA) is 53.1 Å². The number of benzene rings is 1. The molecule has 3 aromatic rings. The molecule has 3 rings (SSSR count). The third-order valence-corrected chi connectivity index (χ3v) is 3.62. The maximum atomic E-state index is 5.81. The van der Waals surface area contributed by atoms with E-state index in [4.69, 9.17) is 10.5 Å². The molecule has 0 saturated carbocycles. The fourth-order valence-electron chi connectivity index (χ4n) is 2.59. The molecule has 0 saturated heterocycles. The van der Waals surface area contributed by atoms with Gasteiger partial charge in [-0.15, -0.1) is 0 Å². The van der Waals surface area contributed by atoms with Crippen LogP contribution in [0.3, 0.4) is 0 Å². The van der Waals surface area contributed by atoms with Crippen molar-refractivity contribution in [2.45, 2.75) is 26.6 Å². The van der Waals surface area contributed by atoms with Crippen molar-refractivity contribution in [2.75, 3.05) is 0 Å². The summed E-state index contributed by atoms with van der Waals surface area (Å²) in [7, 11) is 0. The van der Waals surface area contributed by atoms with Crippen LogP contribution < -0.4 is 10.5 Å². The molecule has 2 heterocycles. The van der Waals surface area contributed by atoms with Gasteiger partial charge in [0.15, 0.2) is 0 Å². The van der Waals surface area contributed by atoms with Gasteiger partial charge in [0.2, 0.25) is 0 Å². The Morgan fingerprint density at radius 1 is 1.24 bits per heavy atom. The first-order valence-electron chi connectivity index (χ1n) is 7.15. The number of aryl methyl sites for hydroxylation is 1. The van der Waals surface area contributed by atoms with E-state index in [1.54, 1.807) is 12.4 Å². The highest BCUT2D eigenvalue weighted by Crippen LogP contribution is 2.22. The predicted molar refractivity (Wildman–Crippen MR) is 84.1 cm³/mol. The molecule has 0 amide bonds. The van der Waals surface area contributed by atoms with E-state index in [9.17, 15) is 0 Å². The molecule has 0 bridgehead atoms. The molecule has 108 valence electrons. The number of rotatable bonds is 5. The van der Waals surface area contributed by atoms with Crippen LogP contribution in [0.5, 0.6) is 5.75 Å². The third kappa shape index (κ3) is 2.76. The lowest BCUT2D eigenvalue weighted by Gasteiger charge is -2.09. The Hall–Kier alpha value is -2.33. The van der Waals surface area contributed by atoms with Crippen LogP contribution >= 0.6 is 0 Å². The van der Waals surface area contributed by atoms with Crippen LogP contribution in [-0.2, 0) is 19.7 Å². The van der Waals surface area contributed by atoms with E-state index < -0.39 is 0 Å². The van der Waals surface area contributed by atoms with Gasteiger partial charge in [0.1, 0.15) is 12.4 Å². The Labute approximate surface area is 124 Å². The molecule has 0 atom stereocenters. The zero-order chi connectivity index (χ0) is 14.7. The third-order valence-electron chi connectivity index (χ3n) is 3.62. The minimum atomic E-state index is 0.534. The van der Waals surface area contributed by atoms with Gasteiger partial charge >= 0.3 is 0 Å². The van der Waals surface area contributed by atoms with Crippen molar-refractivity contribution in [1.82, 2.24) is 9.55 Å². The summed E-state index contributed by atoms with van der Waals surface area (Å²) in [5, 5.41) is 1.21. The fourth-order valence-corrected chi connectivity index (χ4v) is 2.59. The highest BCUT2D eigenvalue weighted by molar-refractivity contribution is 5.82. The lowest BCUT2D eigenvalue weighted by molar-refractivity contribution is 0.295. The molecule has 0 aliphatic heterocycles. The Bertz CT molecular complexity index is 734. The summed E-state index contributed by atoms with van der Waals surface area (Å²) in [5.41, 5.74) is 9.24. The Morgan fingerprint density at radius 3 is 2.86 bits per heavy atom. The monoisotopic (exact) mass is 281 g/mol. The van der Waals surface area contributed by atoms with E-state index in [0.717, 1.165) is 23.6 Å². The number of hydrogen-bond donors (Lipinski definition) is 1. The van der Waals surface area contributed by atoms with E-state index in [1.165, 1.54) is 10.9 Å². The SMILES string of the molecule is CCn1c(COc2cccnc2)cc2cc(CN)ccc21. The van der Waals surface area contributed by atoms with Crippen molar-refractivity contribution in [3.63, 3.8) is 0 Å². The number of aromatic nitrogens is 2. The molecule has 0 fully saturated rings. The standard InChI is InChI=1S/C17H19N3O/c1-2-20-15(12-21-16-4-3-7-19-11-16)9-14-8-13(10-18)5-6-17(14)20/h3-9,11H,2,10,12,18H2,1H3. The minimum absolute atomic E-state index is 0.534. The van der Waals surface area contributed by atoms with Crippen molar-refractivity contribution in [3.05, 3.63) is 60.0 Å². The second kappa shape index (κ2) is 5.97. The molecule has 4 nitrogen and oxygen atoms in total. The number of fused-ring (bicyclic) bond motifs is 1. The summed E-state index contributed by atoms with van der Waals surface area (Å²) in [4.78, 5) is 4.06.